The van der Waals surface area contributed by atoms with Crippen molar-refractivity contribution < 1.29 is 4.21 Å². The van der Waals surface area contributed by atoms with Crippen LogP contribution in [0.2, 0.25) is 0 Å². The van der Waals surface area contributed by atoms with Crippen LogP contribution in [0, 0.1) is 0 Å². The summed E-state index contributed by atoms with van der Waals surface area (Å²) in [5.41, 5.74) is 8.51. The van der Waals surface area contributed by atoms with Crippen molar-refractivity contribution in [3.8, 4) is 0 Å². The Morgan fingerprint density at radius 1 is 1.38 bits per heavy atom. The van der Waals surface area contributed by atoms with Gasteiger partial charge >= 0.3 is 0 Å². The molecule has 2 unspecified atom stereocenters. The van der Waals surface area contributed by atoms with Gasteiger partial charge in [-0.1, -0.05) is 6.07 Å². The highest BCUT2D eigenvalue weighted by Gasteiger charge is 2.13. The summed E-state index contributed by atoms with van der Waals surface area (Å²) in [4.78, 5) is 0.973. The van der Waals surface area contributed by atoms with Crippen molar-refractivity contribution in [1.82, 2.24) is 0 Å². The van der Waals surface area contributed by atoms with Gasteiger partial charge in [-0.05, 0) is 55.9 Å². The normalized spacial score (nSPS) is 18.1. The van der Waals surface area contributed by atoms with Crippen LogP contribution in [0.4, 0.5) is 0 Å². The monoisotopic (exact) mass is 237 g/mol. The summed E-state index contributed by atoms with van der Waals surface area (Å²) in [6.45, 7) is 1.96. The molecule has 0 spiro atoms. The van der Waals surface area contributed by atoms with Gasteiger partial charge in [-0.2, -0.15) is 0 Å². The Morgan fingerprint density at radius 2 is 2.12 bits per heavy atom. The number of rotatable bonds is 4. The Balaban J connectivity index is 2.06. The standard InChI is InChI=1S/C13H19NOS/c1-10(14)7-8-16(15)13-6-5-11-3-2-4-12(11)9-13/h5-6,9-10H,2-4,7-8,14H2,1H3. The molecule has 0 aliphatic heterocycles. The fraction of sp³-hybridized carbons (Fsp3) is 0.538. The van der Waals surface area contributed by atoms with Crippen molar-refractivity contribution in [2.24, 2.45) is 5.73 Å². The number of hydrogen-bond donors (Lipinski definition) is 1. The predicted molar refractivity (Wildman–Crippen MR) is 68.0 cm³/mol. The van der Waals surface area contributed by atoms with E-state index in [4.69, 9.17) is 5.73 Å². The molecule has 88 valence electrons. The average molecular weight is 237 g/mol. The number of benzene rings is 1. The molecule has 0 radical (unpaired) electrons. The highest BCUT2D eigenvalue weighted by molar-refractivity contribution is 7.85. The molecule has 2 N–H and O–H groups in total. The molecule has 0 aromatic heterocycles. The first-order valence-corrected chi connectivity index (χ1v) is 7.24. The van der Waals surface area contributed by atoms with E-state index in [2.05, 4.69) is 12.1 Å². The van der Waals surface area contributed by atoms with Crippen molar-refractivity contribution in [2.45, 2.75) is 43.5 Å². The summed E-state index contributed by atoms with van der Waals surface area (Å²) in [5.74, 6) is 0.677. The first-order valence-electron chi connectivity index (χ1n) is 5.92. The highest BCUT2D eigenvalue weighted by atomic mass is 32.2. The van der Waals surface area contributed by atoms with E-state index in [0.29, 0.717) is 5.75 Å². The minimum Gasteiger partial charge on any atom is -0.328 e. The van der Waals surface area contributed by atoms with Crippen LogP contribution in [0.1, 0.15) is 30.9 Å². The van der Waals surface area contributed by atoms with Crippen molar-refractivity contribution in [2.75, 3.05) is 5.75 Å². The van der Waals surface area contributed by atoms with E-state index in [1.54, 1.807) is 0 Å². The Labute approximate surface area is 99.7 Å². The molecule has 2 rings (SSSR count). The summed E-state index contributed by atoms with van der Waals surface area (Å²) in [6.07, 6.45) is 4.39. The Kier molecular flexibility index (Phi) is 3.77. The zero-order valence-electron chi connectivity index (χ0n) is 9.74. The Hall–Kier alpha value is -0.670. The van der Waals surface area contributed by atoms with Crippen LogP contribution in [-0.2, 0) is 23.6 Å². The zero-order valence-corrected chi connectivity index (χ0v) is 10.6. The first-order chi connectivity index (χ1) is 7.66. The van der Waals surface area contributed by atoms with Gasteiger partial charge < -0.3 is 5.73 Å². The lowest BCUT2D eigenvalue weighted by Gasteiger charge is -2.07. The molecule has 0 heterocycles. The number of nitrogens with two attached hydrogens (primary N) is 1. The molecule has 0 saturated carbocycles. The van der Waals surface area contributed by atoms with Gasteiger partial charge in [-0.15, -0.1) is 0 Å². The molecule has 1 aliphatic carbocycles. The predicted octanol–water partition coefficient (Wildman–Crippen LogP) is 2.02. The molecular formula is C13H19NOS. The third-order valence-electron chi connectivity index (χ3n) is 3.09. The van der Waals surface area contributed by atoms with E-state index >= 15 is 0 Å². The van der Waals surface area contributed by atoms with Gasteiger partial charge in [-0.3, -0.25) is 4.21 Å². The van der Waals surface area contributed by atoms with Crippen molar-refractivity contribution in [1.29, 1.82) is 0 Å². The van der Waals surface area contributed by atoms with E-state index < -0.39 is 10.8 Å². The van der Waals surface area contributed by atoms with Gasteiger partial charge in [0.1, 0.15) is 0 Å². The van der Waals surface area contributed by atoms with Crippen molar-refractivity contribution in [3.05, 3.63) is 29.3 Å². The maximum absolute atomic E-state index is 12.0. The minimum absolute atomic E-state index is 0.137. The quantitative estimate of drug-likeness (QED) is 0.870. The topological polar surface area (TPSA) is 43.1 Å². The number of fused-ring (bicyclic) bond motifs is 1. The molecule has 1 aliphatic rings. The maximum Gasteiger partial charge on any atom is 0.0530 e. The minimum atomic E-state index is -0.876. The third kappa shape index (κ3) is 2.71. The van der Waals surface area contributed by atoms with Crippen LogP contribution < -0.4 is 5.73 Å². The first kappa shape index (κ1) is 11.8. The summed E-state index contributed by atoms with van der Waals surface area (Å²) in [6, 6.07) is 6.42. The summed E-state index contributed by atoms with van der Waals surface area (Å²) >= 11 is 0. The third-order valence-corrected chi connectivity index (χ3v) is 4.48. The van der Waals surface area contributed by atoms with Crippen LogP contribution in [0.3, 0.4) is 0 Å². The summed E-state index contributed by atoms with van der Waals surface area (Å²) in [7, 11) is -0.876. The second kappa shape index (κ2) is 5.11. The van der Waals surface area contributed by atoms with Gasteiger partial charge in [0, 0.05) is 16.7 Å². The second-order valence-electron chi connectivity index (χ2n) is 4.60. The SMILES string of the molecule is CC(N)CCS(=O)c1ccc2c(c1)CCC2. The lowest BCUT2D eigenvalue weighted by Crippen LogP contribution is -2.17. The molecule has 3 heteroatoms. The van der Waals surface area contributed by atoms with Crippen LogP contribution in [0.5, 0.6) is 0 Å². The van der Waals surface area contributed by atoms with Gasteiger partial charge in [0.2, 0.25) is 0 Å². The second-order valence-corrected chi connectivity index (χ2v) is 6.17. The van der Waals surface area contributed by atoms with Gasteiger partial charge in [0.25, 0.3) is 0 Å². The highest BCUT2D eigenvalue weighted by Crippen LogP contribution is 2.24. The van der Waals surface area contributed by atoms with Crippen LogP contribution in [0.15, 0.2) is 23.1 Å². The number of aryl methyl sites for hydroxylation is 2. The van der Waals surface area contributed by atoms with Crippen molar-refractivity contribution in [3.63, 3.8) is 0 Å². The van der Waals surface area contributed by atoms with Gasteiger partial charge in [0.05, 0.1) is 10.8 Å². The molecule has 0 fully saturated rings. The smallest absolute Gasteiger partial charge is 0.0530 e. The Morgan fingerprint density at radius 3 is 2.88 bits per heavy atom. The fourth-order valence-corrected chi connectivity index (χ4v) is 3.42. The molecule has 1 aromatic carbocycles. The summed E-state index contributed by atoms with van der Waals surface area (Å²) in [5, 5.41) is 0. The van der Waals surface area contributed by atoms with E-state index in [1.165, 1.54) is 24.0 Å². The van der Waals surface area contributed by atoms with E-state index in [-0.39, 0.29) is 6.04 Å². The fourth-order valence-electron chi connectivity index (χ4n) is 2.10. The van der Waals surface area contributed by atoms with Gasteiger partial charge in [0.15, 0.2) is 0 Å². The lowest BCUT2D eigenvalue weighted by atomic mass is 10.1. The van der Waals surface area contributed by atoms with E-state index in [1.807, 2.05) is 13.0 Å². The van der Waals surface area contributed by atoms with E-state index in [0.717, 1.165) is 17.7 Å². The Bertz CT molecular complexity index is 401. The van der Waals surface area contributed by atoms with Gasteiger partial charge in [-0.25, -0.2) is 0 Å². The molecule has 16 heavy (non-hydrogen) atoms. The van der Waals surface area contributed by atoms with Crippen molar-refractivity contribution >= 4 is 10.8 Å². The molecule has 0 amide bonds. The molecule has 0 saturated heterocycles. The van der Waals surface area contributed by atoms with Crippen LogP contribution in [-0.4, -0.2) is 16.0 Å². The van der Waals surface area contributed by atoms with Crippen LogP contribution in [0.25, 0.3) is 0 Å². The van der Waals surface area contributed by atoms with E-state index in [9.17, 15) is 4.21 Å². The molecule has 2 atom stereocenters. The maximum atomic E-state index is 12.0. The average Bonchev–Trinajstić information content (AvgIpc) is 2.72. The van der Waals surface area contributed by atoms with Crippen LogP contribution >= 0.6 is 0 Å². The zero-order chi connectivity index (χ0) is 11.5. The lowest BCUT2D eigenvalue weighted by molar-refractivity contribution is 0.667. The molecular weight excluding hydrogens is 218 g/mol. The number of hydrogen-bond acceptors (Lipinski definition) is 2. The molecule has 1 aromatic rings. The largest absolute Gasteiger partial charge is 0.328 e. The molecule has 0 bridgehead atoms. The summed E-state index contributed by atoms with van der Waals surface area (Å²) < 4.78 is 12.0. The molecule has 2 nitrogen and oxygen atoms in total.